The number of carboxylic acid groups (broad SMARTS) is 1. The highest BCUT2D eigenvalue weighted by Crippen LogP contribution is 2.29. The third kappa shape index (κ3) is 1.46. The molecular formula is C9H4Br2NO2-. The maximum Gasteiger partial charge on any atom is 0.0736 e. The van der Waals surface area contributed by atoms with Crippen molar-refractivity contribution < 1.29 is 9.90 Å². The Kier molecular flexibility index (Phi) is 2.36. The molecular weight excluding hydrogens is 314 g/mol. The molecule has 2 rings (SSSR count). The van der Waals surface area contributed by atoms with E-state index in [0.717, 1.165) is 14.5 Å². The molecule has 0 saturated heterocycles. The molecule has 1 heterocycles. The molecule has 2 aromatic rings. The molecule has 0 aliphatic rings. The van der Waals surface area contributed by atoms with Crippen molar-refractivity contribution in [3.05, 3.63) is 32.8 Å². The SMILES string of the molecule is O=C([O-])c1c[nH]c2cc(Br)c(Br)cc12. The smallest absolute Gasteiger partial charge is 0.0736 e. The second-order valence-corrected chi connectivity index (χ2v) is 4.51. The molecule has 0 radical (unpaired) electrons. The number of aromatic amines is 1. The molecule has 0 spiro atoms. The fourth-order valence-corrected chi connectivity index (χ4v) is 1.97. The summed E-state index contributed by atoms with van der Waals surface area (Å²) in [6, 6.07) is 3.55. The first-order valence-corrected chi connectivity index (χ1v) is 5.35. The Labute approximate surface area is 96.4 Å². The van der Waals surface area contributed by atoms with Crippen molar-refractivity contribution in [1.29, 1.82) is 0 Å². The Balaban J connectivity index is 2.80. The van der Waals surface area contributed by atoms with Gasteiger partial charge in [-0.25, -0.2) is 0 Å². The van der Waals surface area contributed by atoms with Gasteiger partial charge in [0.1, 0.15) is 0 Å². The van der Waals surface area contributed by atoms with Crippen LogP contribution in [0, 0.1) is 0 Å². The molecule has 0 saturated carbocycles. The Morgan fingerprint density at radius 2 is 1.93 bits per heavy atom. The van der Waals surface area contributed by atoms with Crippen LogP contribution in [0.25, 0.3) is 10.9 Å². The lowest BCUT2D eigenvalue weighted by atomic mass is 10.2. The van der Waals surface area contributed by atoms with Gasteiger partial charge in [-0.15, -0.1) is 0 Å². The minimum atomic E-state index is -1.18. The van der Waals surface area contributed by atoms with Gasteiger partial charge in [0.15, 0.2) is 0 Å². The van der Waals surface area contributed by atoms with E-state index in [2.05, 4.69) is 36.8 Å². The van der Waals surface area contributed by atoms with E-state index in [4.69, 9.17) is 0 Å². The summed E-state index contributed by atoms with van der Waals surface area (Å²) < 4.78 is 1.68. The number of halogens is 2. The number of aromatic carboxylic acids is 1. The van der Waals surface area contributed by atoms with Gasteiger partial charge in [-0.1, -0.05) is 0 Å². The Bertz CT molecular complexity index is 519. The van der Waals surface area contributed by atoms with E-state index in [1.807, 2.05) is 6.07 Å². The van der Waals surface area contributed by atoms with Crippen LogP contribution in [-0.2, 0) is 0 Å². The molecule has 14 heavy (non-hydrogen) atoms. The maximum absolute atomic E-state index is 10.7. The lowest BCUT2D eigenvalue weighted by molar-refractivity contribution is -0.254. The van der Waals surface area contributed by atoms with Crippen molar-refractivity contribution in [1.82, 2.24) is 4.98 Å². The van der Waals surface area contributed by atoms with Gasteiger partial charge in [0.2, 0.25) is 0 Å². The molecule has 0 amide bonds. The topological polar surface area (TPSA) is 55.9 Å². The van der Waals surface area contributed by atoms with Gasteiger partial charge in [0, 0.05) is 31.6 Å². The maximum atomic E-state index is 10.7. The molecule has 0 fully saturated rings. The quantitative estimate of drug-likeness (QED) is 0.875. The molecule has 0 atom stereocenters. The van der Waals surface area contributed by atoms with Gasteiger partial charge >= 0.3 is 0 Å². The van der Waals surface area contributed by atoms with Gasteiger partial charge in [0.05, 0.1) is 5.97 Å². The number of carbonyl (C=O) groups is 1. The normalized spacial score (nSPS) is 10.7. The molecule has 3 nitrogen and oxygen atoms in total. The van der Waals surface area contributed by atoms with Crippen LogP contribution >= 0.6 is 31.9 Å². The number of aromatic nitrogens is 1. The number of H-pyrrole nitrogens is 1. The van der Waals surface area contributed by atoms with Crippen molar-refractivity contribution in [2.75, 3.05) is 0 Å². The Morgan fingerprint density at radius 3 is 2.57 bits per heavy atom. The number of carboxylic acids is 1. The minimum Gasteiger partial charge on any atom is -0.545 e. The van der Waals surface area contributed by atoms with E-state index in [0.29, 0.717) is 5.39 Å². The summed E-state index contributed by atoms with van der Waals surface area (Å²) in [6.45, 7) is 0. The van der Waals surface area contributed by atoms with Crippen molar-refractivity contribution in [3.8, 4) is 0 Å². The van der Waals surface area contributed by atoms with Gasteiger partial charge in [-0.05, 0) is 44.0 Å². The highest BCUT2D eigenvalue weighted by molar-refractivity contribution is 9.13. The molecule has 0 unspecified atom stereocenters. The fraction of sp³-hybridized carbons (Fsp3) is 0. The van der Waals surface area contributed by atoms with E-state index < -0.39 is 5.97 Å². The molecule has 0 aliphatic carbocycles. The second-order valence-electron chi connectivity index (χ2n) is 2.80. The summed E-state index contributed by atoms with van der Waals surface area (Å²) in [5.41, 5.74) is 0.937. The number of carbonyl (C=O) groups excluding carboxylic acids is 1. The standard InChI is InChI=1S/C9H5Br2NO2/c10-6-1-4-5(9(13)14)3-12-8(4)2-7(6)11/h1-3,12H,(H,13,14)/p-1. The summed E-state index contributed by atoms with van der Waals surface area (Å²) in [5, 5.41) is 11.4. The third-order valence-electron chi connectivity index (χ3n) is 1.94. The highest BCUT2D eigenvalue weighted by Gasteiger charge is 2.06. The first-order chi connectivity index (χ1) is 6.59. The van der Waals surface area contributed by atoms with Crippen LogP contribution in [0.3, 0.4) is 0 Å². The predicted molar refractivity (Wildman–Crippen MR) is 58.0 cm³/mol. The van der Waals surface area contributed by atoms with Crippen molar-refractivity contribution in [2.45, 2.75) is 0 Å². The Hall–Kier alpha value is -0.810. The van der Waals surface area contributed by atoms with E-state index in [1.165, 1.54) is 6.20 Å². The van der Waals surface area contributed by atoms with Crippen LogP contribution in [0.1, 0.15) is 10.4 Å². The van der Waals surface area contributed by atoms with Crippen LogP contribution < -0.4 is 5.11 Å². The highest BCUT2D eigenvalue weighted by atomic mass is 79.9. The van der Waals surface area contributed by atoms with E-state index in [-0.39, 0.29) is 5.56 Å². The van der Waals surface area contributed by atoms with Gasteiger partial charge < -0.3 is 14.9 Å². The Morgan fingerprint density at radius 1 is 1.29 bits per heavy atom. The number of rotatable bonds is 1. The monoisotopic (exact) mass is 316 g/mol. The van der Waals surface area contributed by atoms with Crippen LogP contribution in [0.2, 0.25) is 0 Å². The first kappa shape index (κ1) is 9.73. The third-order valence-corrected chi connectivity index (χ3v) is 3.79. The summed E-state index contributed by atoms with van der Waals surface area (Å²) in [7, 11) is 0. The number of fused-ring (bicyclic) bond motifs is 1. The molecule has 72 valence electrons. The molecule has 1 N–H and O–H groups in total. The van der Waals surface area contributed by atoms with Crippen molar-refractivity contribution >= 4 is 48.7 Å². The molecule has 1 aromatic carbocycles. The van der Waals surface area contributed by atoms with E-state index in [1.54, 1.807) is 6.07 Å². The van der Waals surface area contributed by atoms with Crippen molar-refractivity contribution in [2.24, 2.45) is 0 Å². The zero-order valence-electron chi connectivity index (χ0n) is 6.80. The predicted octanol–water partition coefficient (Wildman–Crippen LogP) is 2.06. The number of benzene rings is 1. The number of hydrogen-bond acceptors (Lipinski definition) is 2. The van der Waals surface area contributed by atoms with E-state index in [9.17, 15) is 9.90 Å². The fourth-order valence-electron chi connectivity index (χ4n) is 1.29. The lowest BCUT2D eigenvalue weighted by Gasteiger charge is -2.00. The largest absolute Gasteiger partial charge is 0.545 e. The number of nitrogens with one attached hydrogen (secondary N) is 1. The molecule has 5 heteroatoms. The summed E-state index contributed by atoms with van der Waals surface area (Å²) in [5.74, 6) is -1.18. The van der Waals surface area contributed by atoms with Crippen molar-refractivity contribution in [3.63, 3.8) is 0 Å². The number of hydrogen-bond donors (Lipinski definition) is 1. The van der Waals surface area contributed by atoms with Crippen LogP contribution in [0.4, 0.5) is 0 Å². The average molecular weight is 318 g/mol. The average Bonchev–Trinajstić information content (AvgIpc) is 2.48. The zero-order chi connectivity index (χ0) is 10.3. The van der Waals surface area contributed by atoms with Gasteiger partial charge in [0.25, 0.3) is 0 Å². The van der Waals surface area contributed by atoms with Gasteiger partial charge in [-0.2, -0.15) is 0 Å². The van der Waals surface area contributed by atoms with E-state index >= 15 is 0 Å². The van der Waals surface area contributed by atoms with Crippen LogP contribution in [0.5, 0.6) is 0 Å². The molecule has 0 bridgehead atoms. The summed E-state index contributed by atoms with van der Waals surface area (Å²) in [6.07, 6.45) is 1.43. The summed E-state index contributed by atoms with van der Waals surface area (Å²) in [4.78, 5) is 13.6. The first-order valence-electron chi connectivity index (χ1n) is 3.77. The zero-order valence-corrected chi connectivity index (χ0v) is 9.98. The van der Waals surface area contributed by atoms with Crippen LogP contribution in [0.15, 0.2) is 27.3 Å². The minimum absolute atomic E-state index is 0.174. The van der Waals surface area contributed by atoms with Crippen LogP contribution in [-0.4, -0.2) is 11.0 Å². The van der Waals surface area contributed by atoms with Gasteiger partial charge in [-0.3, -0.25) is 0 Å². The molecule has 1 aromatic heterocycles. The second kappa shape index (κ2) is 3.40. The lowest BCUT2D eigenvalue weighted by Crippen LogP contribution is -2.21. The molecule has 0 aliphatic heterocycles. The summed E-state index contributed by atoms with van der Waals surface area (Å²) >= 11 is 6.64.